The molecule has 0 bridgehead atoms. The van der Waals surface area contributed by atoms with E-state index < -0.39 is 8.32 Å². The summed E-state index contributed by atoms with van der Waals surface area (Å²) in [5.74, 6) is 1.61. The van der Waals surface area contributed by atoms with Gasteiger partial charge in [-0.1, -0.05) is 20.8 Å². The zero-order valence-corrected chi connectivity index (χ0v) is 15.3. The molecule has 0 aliphatic heterocycles. The minimum atomic E-state index is -2.03. The molecule has 0 spiro atoms. The first-order valence-electron chi connectivity index (χ1n) is 6.99. The van der Waals surface area contributed by atoms with Crippen LogP contribution >= 0.6 is 0 Å². The number of methoxy groups -OCH3 is 2. The Labute approximate surface area is 128 Å². The molecule has 0 heterocycles. The molecule has 0 fully saturated rings. The van der Waals surface area contributed by atoms with E-state index in [9.17, 15) is 4.79 Å². The summed E-state index contributed by atoms with van der Waals surface area (Å²) in [6.07, 6.45) is 0. The zero-order valence-electron chi connectivity index (χ0n) is 14.3. The summed E-state index contributed by atoms with van der Waals surface area (Å²) in [5, 5.41) is 0.0578. The Balaban J connectivity index is 3.38. The van der Waals surface area contributed by atoms with Crippen molar-refractivity contribution in [3.63, 3.8) is 0 Å². The van der Waals surface area contributed by atoms with E-state index in [0.29, 0.717) is 22.8 Å². The van der Waals surface area contributed by atoms with Crippen LogP contribution in [-0.2, 0) is 0 Å². The Bertz CT molecular complexity index is 505. The van der Waals surface area contributed by atoms with Gasteiger partial charge in [0.1, 0.15) is 0 Å². The van der Waals surface area contributed by atoms with Gasteiger partial charge in [-0.15, -0.1) is 0 Å². The number of ketones is 1. The summed E-state index contributed by atoms with van der Waals surface area (Å²) >= 11 is 0. The van der Waals surface area contributed by atoms with Crippen LogP contribution in [0.5, 0.6) is 17.2 Å². The zero-order chi connectivity index (χ0) is 16.4. The fourth-order valence-electron chi connectivity index (χ4n) is 1.59. The molecule has 0 N–H and O–H groups in total. The number of carbonyl (C=O) groups is 1. The topological polar surface area (TPSA) is 44.8 Å². The van der Waals surface area contributed by atoms with Gasteiger partial charge in [-0.3, -0.25) is 4.79 Å². The third-order valence-corrected chi connectivity index (χ3v) is 8.36. The van der Waals surface area contributed by atoms with Gasteiger partial charge in [-0.05, 0) is 37.2 Å². The maximum atomic E-state index is 11.6. The molecule has 0 unspecified atom stereocenters. The van der Waals surface area contributed by atoms with Crippen molar-refractivity contribution in [2.45, 2.75) is 45.8 Å². The van der Waals surface area contributed by atoms with E-state index in [0.717, 1.165) is 0 Å². The minimum Gasteiger partial charge on any atom is -0.539 e. The standard InChI is InChI=1S/C16H26O4Si/c1-11(17)12-9-13(18-5)15(14(10-12)19-6)20-21(7,8)16(2,3)4/h9-10H,1-8H3. The van der Waals surface area contributed by atoms with Crippen molar-refractivity contribution >= 4 is 14.1 Å². The van der Waals surface area contributed by atoms with Crippen LogP contribution in [0, 0.1) is 0 Å². The van der Waals surface area contributed by atoms with Gasteiger partial charge >= 0.3 is 0 Å². The van der Waals surface area contributed by atoms with E-state index in [2.05, 4.69) is 33.9 Å². The van der Waals surface area contributed by atoms with Gasteiger partial charge in [0.15, 0.2) is 23.0 Å². The van der Waals surface area contributed by atoms with E-state index in [1.165, 1.54) is 6.92 Å². The van der Waals surface area contributed by atoms with Crippen molar-refractivity contribution in [1.82, 2.24) is 0 Å². The number of Topliss-reactive ketones (excluding diaryl/α,β-unsaturated/α-hetero) is 1. The van der Waals surface area contributed by atoms with Crippen LogP contribution in [0.1, 0.15) is 38.1 Å². The molecule has 21 heavy (non-hydrogen) atoms. The smallest absolute Gasteiger partial charge is 0.250 e. The highest BCUT2D eigenvalue weighted by Gasteiger charge is 2.40. The molecule has 0 aromatic heterocycles. The largest absolute Gasteiger partial charge is 0.539 e. The first kappa shape index (κ1) is 17.6. The lowest BCUT2D eigenvalue weighted by molar-refractivity contribution is 0.101. The lowest BCUT2D eigenvalue weighted by atomic mass is 10.1. The Morgan fingerprint density at radius 3 is 1.76 bits per heavy atom. The molecule has 0 saturated heterocycles. The van der Waals surface area contributed by atoms with E-state index in [-0.39, 0.29) is 10.8 Å². The monoisotopic (exact) mass is 310 g/mol. The number of benzene rings is 1. The predicted octanol–water partition coefficient (Wildman–Crippen LogP) is 4.29. The molecular formula is C16H26O4Si. The van der Waals surface area contributed by atoms with E-state index in [1.54, 1.807) is 26.4 Å². The molecule has 1 aromatic carbocycles. The van der Waals surface area contributed by atoms with Gasteiger partial charge in [0.2, 0.25) is 0 Å². The van der Waals surface area contributed by atoms with Crippen molar-refractivity contribution in [3.05, 3.63) is 17.7 Å². The Hall–Kier alpha value is -1.49. The third-order valence-electron chi connectivity index (χ3n) is 4.03. The minimum absolute atomic E-state index is 0.0366. The molecular weight excluding hydrogens is 284 g/mol. The second kappa shape index (κ2) is 6.09. The van der Waals surface area contributed by atoms with Crippen molar-refractivity contribution in [3.8, 4) is 17.2 Å². The molecule has 0 atom stereocenters. The van der Waals surface area contributed by atoms with Crippen LogP contribution in [0.3, 0.4) is 0 Å². The van der Waals surface area contributed by atoms with Gasteiger partial charge in [-0.25, -0.2) is 0 Å². The summed E-state index contributed by atoms with van der Waals surface area (Å²) in [6, 6.07) is 3.40. The van der Waals surface area contributed by atoms with Crippen LogP contribution in [0.4, 0.5) is 0 Å². The number of ether oxygens (including phenoxy) is 2. The molecule has 0 aliphatic rings. The summed E-state index contributed by atoms with van der Waals surface area (Å²) in [4.78, 5) is 11.6. The lowest BCUT2D eigenvalue weighted by Gasteiger charge is -2.37. The average Bonchev–Trinajstić information content (AvgIpc) is 2.36. The Morgan fingerprint density at radius 2 is 1.48 bits per heavy atom. The average molecular weight is 310 g/mol. The van der Waals surface area contributed by atoms with Gasteiger partial charge in [0.05, 0.1) is 14.2 Å². The summed E-state index contributed by atoms with van der Waals surface area (Å²) in [6.45, 7) is 12.3. The van der Waals surface area contributed by atoms with Gasteiger partial charge in [0, 0.05) is 5.56 Å². The second-order valence-corrected chi connectivity index (χ2v) is 11.4. The number of hydrogen-bond acceptors (Lipinski definition) is 4. The number of rotatable bonds is 5. The lowest BCUT2D eigenvalue weighted by Crippen LogP contribution is -2.44. The van der Waals surface area contributed by atoms with Crippen molar-refractivity contribution < 1.29 is 18.7 Å². The Morgan fingerprint density at radius 1 is 1.05 bits per heavy atom. The molecule has 0 amide bonds. The summed E-state index contributed by atoms with van der Waals surface area (Å²) in [7, 11) is 1.10. The van der Waals surface area contributed by atoms with Crippen LogP contribution in [0.15, 0.2) is 12.1 Å². The molecule has 0 aliphatic carbocycles. The van der Waals surface area contributed by atoms with Crippen molar-refractivity contribution in [2.24, 2.45) is 0 Å². The SMILES string of the molecule is COc1cc(C(C)=O)cc(OC)c1O[Si](C)(C)C(C)(C)C. The first-order chi connectivity index (χ1) is 9.53. The Kier molecular flexibility index (Phi) is 5.10. The van der Waals surface area contributed by atoms with Crippen LogP contribution < -0.4 is 13.9 Å². The van der Waals surface area contributed by atoms with E-state index >= 15 is 0 Å². The highest BCUT2D eigenvalue weighted by molar-refractivity contribution is 6.74. The molecule has 5 heteroatoms. The second-order valence-electron chi connectivity index (χ2n) is 6.63. The van der Waals surface area contributed by atoms with Gasteiger partial charge in [0.25, 0.3) is 8.32 Å². The fraction of sp³-hybridized carbons (Fsp3) is 0.562. The normalized spacial score (nSPS) is 12.0. The van der Waals surface area contributed by atoms with Crippen molar-refractivity contribution in [2.75, 3.05) is 14.2 Å². The summed E-state index contributed by atoms with van der Waals surface area (Å²) < 4.78 is 17.1. The number of hydrogen-bond donors (Lipinski definition) is 0. The van der Waals surface area contributed by atoms with Crippen LogP contribution in [0.2, 0.25) is 18.1 Å². The molecule has 0 radical (unpaired) electrons. The summed E-state index contributed by atoms with van der Waals surface area (Å²) in [5.41, 5.74) is 0.547. The van der Waals surface area contributed by atoms with E-state index in [1.807, 2.05) is 0 Å². The molecule has 118 valence electrons. The van der Waals surface area contributed by atoms with Gasteiger partial charge in [-0.2, -0.15) is 0 Å². The molecule has 1 aromatic rings. The van der Waals surface area contributed by atoms with Crippen LogP contribution in [0.25, 0.3) is 0 Å². The molecule has 4 nitrogen and oxygen atoms in total. The van der Waals surface area contributed by atoms with Crippen LogP contribution in [-0.4, -0.2) is 28.3 Å². The fourth-order valence-corrected chi connectivity index (χ4v) is 2.61. The molecule has 1 rings (SSSR count). The highest BCUT2D eigenvalue weighted by atomic mass is 28.4. The maximum absolute atomic E-state index is 11.6. The third kappa shape index (κ3) is 3.78. The van der Waals surface area contributed by atoms with E-state index in [4.69, 9.17) is 13.9 Å². The van der Waals surface area contributed by atoms with Crippen molar-refractivity contribution in [1.29, 1.82) is 0 Å². The van der Waals surface area contributed by atoms with Gasteiger partial charge < -0.3 is 13.9 Å². The number of carbonyl (C=O) groups excluding carboxylic acids is 1. The predicted molar refractivity (Wildman–Crippen MR) is 87.4 cm³/mol. The highest BCUT2D eigenvalue weighted by Crippen LogP contribution is 2.44. The quantitative estimate of drug-likeness (QED) is 0.601. The molecule has 0 saturated carbocycles. The maximum Gasteiger partial charge on any atom is 0.250 e. The first-order valence-corrected chi connectivity index (χ1v) is 9.90.